The van der Waals surface area contributed by atoms with Crippen LogP contribution in [0.4, 0.5) is 17.1 Å². The van der Waals surface area contributed by atoms with Crippen molar-refractivity contribution in [2.75, 3.05) is 12.4 Å². The van der Waals surface area contributed by atoms with E-state index in [0.29, 0.717) is 11.1 Å². The predicted molar refractivity (Wildman–Crippen MR) is 102 cm³/mol. The van der Waals surface area contributed by atoms with Crippen molar-refractivity contribution in [2.45, 2.75) is 6.54 Å². The Labute approximate surface area is 163 Å². The Hall–Kier alpha value is -4.28. The maximum absolute atomic E-state index is 12.8. The second kappa shape index (κ2) is 8.17. The molecule has 0 aliphatic rings. The molecule has 0 atom stereocenters. The largest absolute Gasteiger partial charge is 0.496 e. The molecule has 0 spiro atoms. The first-order chi connectivity index (χ1) is 13.9. The van der Waals surface area contributed by atoms with Crippen LogP contribution in [0.25, 0.3) is 0 Å². The number of aromatic nitrogens is 2. The molecule has 29 heavy (non-hydrogen) atoms. The van der Waals surface area contributed by atoms with E-state index in [1.165, 1.54) is 36.2 Å². The van der Waals surface area contributed by atoms with Crippen molar-refractivity contribution < 1.29 is 19.4 Å². The second-order valence-corrected chi connectivity index (χ2v) is 5.94. The van der Waals surface area contributed by atoms with Gasteiger partial charge in [-0.25, -0.2) is 0 Å². The number of nitrogens with zero attached hydrogens (tertiary/aromatic N) is 4. The fraction of sp³-hybridized carbons (Fsp3) is 0.111. The number of non-ortho nitro benzene ring substituents is 1. The number of nitro groups is 2. The van der Waals surface area contributed by atoms with Crippen molar-refractivity contribution in [2.24, 2.45) is 0 Å². The maximum atomic E-state index is 12.8. The summed E-state index contributed by atoms with van der Waals surface area (Å²) in [5.74, 6) is -0.267. The average molecular weight is 397 g/mol. The van der Waals surface area contributed by atoms with Crippen molar-refractivity contribution >= 4 is 23.0 Å². The summed E-state index contributed by atoms with van der Waals surface area (Å²) in [6.07, 6.45) is 2.39. The van der Waals surface area contributed by atoms with Gasteiger partial charge in [-0.15, -0.1) is 0 Å². The zero-order valence-electron chi connectivity index (χ0n) is 15.1. The molecule has 3 aromatic rings. The predicted octanol–water partition coefficient (Wildman–Crippen LogP) is 3.01. The number of rotatable bonds is 7. The summed E-state index contributed by atoms with van der Waals surface area (Å²) < 4.78 is 6.38. The third-order valence-corrected chi connectivity index (χ3v) is 4.02. The summed E-state index contributed by atoms with van der Waals surface area (Å²) in [5.41, 5.74) is 0.689. The fourth-order valence-electron chi connectivity index (χ4n) is 2.66. The number of carbonyl (C=O) groups is 1. The summed E-state index contributed by atoms with van der Waals surface area (Å²) in [6.45, 7) is 0.135. The molecular formula is C18H15N5O6. The Morgan fingerprint density at radius 3 is 2.52 bits per heavy atom. The summed E-state index contributed by atoms with van der Waals surface area (Å²) in [5, 5.41) is 28.4. The molecule has 2 aromatic carbocycles. The molecule has 1 amide bonds. The van der Waals surface area contributed by atoms with E-state index < -0.39 is 15.8 Å². The number of hydrogen-bond donors (Lipinski definition) is 1. The Balaban J connectivity index is 1.86. The van der Waals surface area contributed by atoms with E-state index in [1.807, 2.05) is 0 Å². The number of ether oxygens (including phenoxy) is 1. The van der Waals surface area contributed by atoms with Crippen LogP contribution in [0.3, 0.4) is 0 Å². The normalized spacial score (nSPS) is 10.4. The molecule has 0 fully saturated rings. The van der Waals surface area contributed by atoms with Crippen LogP contribution in [0.2, 0.25) is 0 Å². The van der Waals surface area contributed by atoms with Gasteiger partial charge in [0.05, 0.1) is 35.3 Å². The van der Waals surface area contributed by atoms with E-state index >= 15 is 0 Å². The third kappa shape index (κ3) is 4.53. The molecular weight excluding hydrogens is 382 g/mol. The highest BCUT2D eigenvalue weighted by Gasteiger charge is 2.16. The molecule has 0 saturated carbocycles. The zero-order chi connectivity index (χ0) is 21.0. The Morgan fingerprint density at radius 2 is 1.86 bits per heavy atom. The first-order valence-electron chi connectivity index (χ1n) is 8.27. The number of carbonyl (C=O) groups excluding carboxylic acids is 1. The summed E-state index contributed by atoms with van der Waals surface area (Å²) in [6, 6.07) is 10.6. The third-order valence-electron chi connectivity index (χ3n) is 4.02. The van der Waals surface area contributed by atoms with Gasteiger partial charge in [0, 0.05) is 17.7 Å². The Kier molecular flexibility index (Phi) is 5.49. The topological polar surface area (TPSA) is 142 Å². The molecule has 0 radical (unpaired) electrons. The van der Waals surface area contributed by atoms with Crippen LogP contribution >= 0.6 is 0 Å². The molecule has 11 heteroatoms. The number of hydrogen-bond acceptors (Lipinski definition) is 7. The highest BCUT2D eigenvalue weighted by molar-refractivity contribution is 6.05. The number of nitrogens with one attached hydrogen (secondary N) is 1. The van der Waals surface area contributed by atoms with E-state index in [4.69, 9.17) is 4.74 Å². The number of anilines is 1. The average Bonchev–Trinajstić information content (AvgIpc) is 3.17. The number of benzene rings is 2. The van der Waals surface area contributed by atoms with E-state index in [1.54, 1.807) is 24.3 Å². The van der Waals surface area contributed by atoms with Gasteiger partial charge in [-0.2, -0.15) is 5.10 Å². The van der Waals surface area contributed by atoms with Gasteiger partial charge in [0.1, 0.15) is 18.1 Å². The standard InChI is InChI=1S/C18H15N5O6/c1-29-16-7-13(6-14(8-16)22(25)26)20-18(24)17-5-3-2-4-12(17)10-21-11-15(9-19-21)23(27)28/h2-9,11H,10H2,1H3,(H,20,24). The highest BCUT2D eigenvalue weighted by Crippen LogP contribution is 2.26. The van der Waals surface area contributed by atoms with Crippen molar-refractivity contribution in [3.8, 4) is 5.75 Å². The van der Waals surface area contributed by atoms with Crippen LogP contribution in [-0.2, 0) is 6.54 Å². The van der Waals surface area contributed by atoms with E-state index in [-0.39, 0.29) is 29.4 Å². The first-order valence-corrected chi connectivity index (χ1v) is 8.27. The lowest BCUT2D eigenvalue weighted by Crippen LogP contribution is -2.16. The number of amides is 1. The molecule has 11 nitrogen and oxygen atoms in total. The number of methoxy groups -OCH3 is 1. The van der Waals surface area contributed by atoms with Gasteiger partial charge >= 0.3 is 5.69 Å². The minimum Gasteiger partial charge on any atom is -0.496 e. The molecule has 0 aliphatic heterocycles. The molecule has 148 valence electrons. The monoisotopic (exact) mass is 397 g/mol. The highest BCUT2D eigenvalue weighted by atomic mass is 16.6. The second-order valence-electron chi connectivity index (χ2n) is 5.94. The van der Waals surface area contributed by atoms with Crippen molar-refractivity contribution in [1.29, 1.82) is 0 Å². The van der Waals surface area contributed by atoms with Gasteiger partial charge in [-0.05, 0) is 11.6 Å². The molecule has 1 N–H and O–H groups in total. The molecule has 0 bridgehead atoms. The van der Waals surface area contributed by atoms with Crippen LogP contribution in [0, 0.1) is 20.2 Å². The maximum Gasteiger partial charge on any atom is 0.307 e. The lowest BCUT2D eigenvalue weighted by Gasteiger charge is -2.11. The molecule has 1 heterocycles. The van der Waals surface area contributed by atoms with Crippen LogP contribution in [0.1, 0.15) is 15.9 Å². The minimum atomic E-state index is -0.587. The van der Waals surface area contributed by atoms with Gasteiger partial charge in [-0.3, -0.25) is 29.7 Å². The van der Waals surface area contributed by atoms with E-state index in [0.717, 1.165) is 6.20 Å². The van der Waals surface area contributed by atoms with Gasteiger partial charge in [0.15, 0.2) is 0 Å². The Morgan fingerprint density at radius 1 is 1.14 bits per heavy atom. The molecule has 0 saturated heterocycles. The SMILES string of the molecule is COc1cc(NC(=O)c2ccccc2Cn2cc([N+](=O)[O-])cn2)cc([N+](=O)[O-])c1. The van der Waals surface area contributed by atoms with Crippen molar-refractivity contribution in [3.05, 3.63) is 86.2 Å². The molecule has 0 aliphatic carbocycles. The molecule has 3 rings (SSSR count). The van der Waals surface area contributed by atoms with Gasteiger partial charge in [-0.1, -0.05) is 18.2 Å². The lowest BCUT2D eigenvalue weighted by molar-refractivity contribution is -0.385. The summed E-state index contributed by atoms with van der Waals surface area (Å²) >= 11 is 0. The van der Waals surface area contributed by atoms with Crippen LogP contribution < -0.4 is 10.1 Å². The molecule has 1 aromatic heterocycles. The van der Waals surface area contributed by atoms with Crippen molar-refractivity contribution in [1.82, 2.24) is 9.78 Å². The Bertz CT molecular complexity index is 1090. The summed E-state index contributed by atoms with van der Waals surface area (Å²) in [7, 11) is 1.36. The van der Waals surface area contributed by atoms with Crippen LogP contribution in [0.15, 0.2) is 54.9 Å². The van der Waals surface area contributed by atoms with E-state index in [2.05, 4.69) is 10.4 Å². The minimum absolute atomic E-state index is 0.135. The summed E-state index contributed by atoms with van der Waals surface area (Å²) in [4.78, 5) is 33.5. The zero-order valence-corrected chi connectivity index (χ0v) is 15.1. The quantitative estimate of drug-likeness (QED) is 0.477. The van der Waals surface area contributed by atoms with Gasteiger partial charge in [0.25, 0.3) is 11.6 Å². The van der Waals surface area contributed by atoms with E-state index in [9.17, 15) is 25.0 Å². The molecule has 0 unspecified atom stereocenters. The van der Waals surface area contributed by atoms with Gasteiger partial charge < -0.3 is 10.1 Å². The van der Waals surface area contributed by atoms with Crippen molar-refractivity contribution in [3.63, 3.8) is 0 Å². The lowest BCUT2D eigenvalue weighted by atomic mass is 10.1. The van der Waals surface area contributed by atoms with Crippen LogP contribution in [0.5, 0.6) is 5.75 Å². The fourth-order valence-corrected chi connectivity index (χ4v) is 2.66. The smallest absolute Gasteiger partial charge is 0.307 e. The number of nitro benzene ring substituents is 1. The first kappa shape index (κ1) is 19.5. The van der Waals surface area contributed by atoms with Gasteiger partial charge in [0.2, 0.25) is 0 Å². The van der Waals surface area contributed by atoms with Crippen LogP contribution in [-0.4, -0.2) is 32.6 Å².